The monoisotopic (exact) mass is 419 g/mol. The second-order valence-electron chi connectivity index (χ2n) is 6.58. The van der Waals surface area contributed by atoms with Crippen LogP contribution in [0, 0.1) is 0 Å². The summed E-state index contributed by atoms with van der Waals surface area (Å²) in [6.45, 7) is 1.26. The number of sulfonamides is 1. The zero-order valence-corrected chi connectivity index (χ0v) is 17.2. The molecule has 0 bridgehead atoms. The first kappa shape index (κ1) is 21.1. The molecule has 1 fully saturated rings. The maximum absolute atomic E-state index is 13.1. The number of piperazine rings is 1. The van der Waals surface area contributed by atoms with E-state index in [1.165, 1.54) is 23.5 Å². The largest absolute Gasteiger partial charge is 0.497 e. The first-order valence-electron chi connectivity index (χ1n) is 9.23. The molecule has 2 aromatic carbocycles. The molecule has 0 aromatic heterocycles. The summed E-state index contributed by atoms with van der Waals surface area (Å²) in [6, 6.07) is 12.7. The Hall–Kier alpha value is -2.62. The molecule has 9 heteroatoms. The van der Waals surface area contributed by atoms with Crippen LogP contribution in [-0.4, -0.2) is 58.5 Å². The van der Waals surface area contributed by atoms with E-state index in [9.17, 15) is 13.2 Å². The van der Waals surface area contributed by atoms with Crippen molar-refractivity contribution in [2.75, 3.05) is 33.9 Å². The van der Waals surface area contributed by atoms with Crippen LogP contribution in [-0.2, 0) is 21.4 Å². The van der Waals surface area contributed by atoms with Crippen molar-refractivity contribution in [3.05, 3.63) is 54.1 Å². The van der Waals surface area contributed by atoms with Crippen LogP contribution in [0.25, 0.3) is 0 Å². The number of hydrogen-bond donors (Lipinski definition) is 2. The third kappa shape index (κ3) is 4.87. The molecule has 1 amide bonds. The van der Waals surface area contributed by atoms with Crippen molar-refractivity contribution in [3.8, 4) is 11.5 Å². The van der Waals surface area contributed by atoms with Crippen LogP contribution in [0.5, 0.6) is 11.5 Å². The Balaban J connectivity index is 1.72. The van der Waals surface area contributed by atoms with E-state index < -0.39 is 16.1 Å². The summed E-state index contributed by atoms with van der Waals surface area (Å²) in [4.78, 5) is 12.9. The molecule has 1 atom stereocenters. The number of carbonyl (C=O) groups is 1. The van der Waals surface area contributed by atoms with Gasteiger partial charge in [-0.05, 0) is 42.0 Å². The van der Waals surface area contributed by atoms with Crippen molar-refractivity contribution in [1.82, 2.24) is 14.9 Å². The van der Waals surface area contributed by atoms with E-state index >= 15 is 0 Å². The molecule has 29 heavy (non-hydrogen) atoms. The van der Waals surface area contributed by atoms with Crippen molar-refractivity contribution >= 4 is 15.9 Å². The molecule has 1 heterocycles. The van der Waals surface area contributed by atoms with E-state index in [-0.39, 0.29) is 23.9 Å². The molecular weight excluding hydrogens is 394 g/mol. The first-order chi connectivity index (χ1) is 14.0. The number of benzene rings is 2. The minimum absolute atomic E-state index is 0.133. The summed E-state index contributed by atoms with van der Waals surface area (Å²) in [5.41, 5.74) is 0.896. The molecule has 3 rings (SSSR count). The Bertz CT molecular complexity index is 930. The standard InChI is InChI=1S/C20H25N3O5S/c1-27-16-5-3-15(4-6-16)13-22-20(24)19-14-21-11-12-23(19)29(25,26)18-9-7-17(28-2)8-10-18/h3-10,19,21H,11-14H2,1-2H3,(H,22,24)/t19-/m1/s1. The quantitative estimate of drug-likeness (QED) is 0.695. The number of hydrogen-bond acceptors (Lipinski definition) is 6. The highest BCUT2D eigenvalue weighted by Gasteiger charge is 2.37. The van der Waals surface area contributed by atoms with Crippen LogP contribution in [0.1, 0.15) is 5.56 Å². The fourth-order valence-corrected chi connectivity index (χ4v) is 4.72. The number of methoxy groups -OCH3 is 2. The number of nitrogens with zero attached hydrogens (tertiary/aromatic N) is 1. The van der Waals surface area contributed by atoms with E-state index in [0.29, 0.717) is 18.8 Å². The number of ether oxygens (including phenoxy) is 2. The zero-order chi connectivity index (χ0) is 20.9. The SMILES string of the molecule is COc1ccc(CNC(=O)[C@H]2CNCCN2S(=O)(=O)c2ccc(OC)cc2)cc1. The highest BCUT2D eigenvalue weighted by atomic mass is 32.2. The predicted octanol–water partition coefficient (Wildman–Crippen LogP) is 0.983. The molecule has 0 radical (unpaired) electrons. The van der Waals surface area contributed by atoms with Gasteiger partial charge in [0.05, 0.1) is 19.1 Å². The van der Waals surface area contributed by atoms with Gasteiger partial charge in [0.15, 0.2) is 0 Å². The zero-order valence-electron chi connectivity index (χ0n) is 16.4. The van der Waals surface area contributed by atoms with Crippen LogP contribution >= 0.6 is 0 Å². The van der Waals surface area contributed by atoms with Crippen molar-refractivity contribution in [2.45, 2.75) is 17.5 Å². The summed E-state index contributed by atoms with van der Waals surface area (Å²) in [6.07, 6.45) is 0. The average molecular weight is 420 g/mol. The Morgan fingerprint density at radius 1 is 1.07 bits per heavy atom. The minimum atomic E-state index is -3.81. The van der Waals surface area contributed by atoms with Gasteiger partial charge in [0.2, 0.25) is 15.9 Å². The first-order valence-corrected chi connectivity index (χ1v) is 10.7. The number of carbonyl (C=O) groups excluding carboxylic acids is 1. The van der Waals surface area contributed by atoms with Crippen molar-refractivity contribution in [1.29, 1.82) is 0 Å². The third-order valence-corrected chi connectivity index (χ3v) is 6.71. The van der Waals surface area contributed by atoms with E-state index in [2.05, 4.69) is 10.6 Å². The third-order valence-electron chi connectivity index (χ3n) is 4.79. The van der Waals surface area contributed by atoms with Crippen LogP contribution < -0.4 is 20.1 Å². The van der Waals surface area contributed by atoms with Crippen molar-refractivity contribution in [3.63, 3.8) is 0 Å². The Kier molecular flexibility index (Phi) is 6.73. The Morgan fingerprint density at radius 3 is 2.24 bits per heavy atom. The molecule has 8 nitrogen and oxygen atoms in total. The highest BCUT2D eigenvalue weighted by molar-refractivity contribution is 7.89. The summed E-state index contributed by atoms with van der Waals surface area (Å²) in [7, 11) is -0.708. The lowest BCUT2D eigenvalue weighted by Gasteiger charge is -2.34. The molecule has 2 N–H and O–H groups in total. The maximum Gasteiger partial charge on any atom is 0.243 e. The maximum atomic E-state index is 13.1. The van der Waals surface area contributed by atoms with Gasteiger partial charge >= 0.3 is 0 Å². The van der Waals surface area contributed by atoms with Gasteiger partial charge in [-0.1, -0.05) is 12.1 Å². The van der Waals surface area contributed by atoms with Gasteiger partial charge in [0, 0.05) is 26.2 Å². The molecule has 0 aliphatic carbocycles. The number of nitrogens with one attached hydrogen (secondary N) is 2. The minimum Gasteiger partial charge on any atom is -0.497 e. The average Bonchev–Trinajstić information content (AvgIpc) is 2.77. The normalized spacial score (nSPS) is 17.5. The number of rotatable bonds is 7. The molecule has 1 aliphatic rings. The summed E-state index contributed by atoms with van der Waals surface area (Å²) in [5, 5.41) is 5.93. The number of amides is 1. The van der Waals surface area contributed by atoms with E-state index in [4.69, 9.17) is 9.47 Å². The Labute approximate surface area is 170 Å². The van der Waals surface area contributed by atoms with Gasteiger partial charge in [0.25, 0.3) is 0 Å². The topological polar surface area (TPSA) is 97.0 Å². The predicted molar refractivity (Wildman–Crippen MR) is 108 cm³/mol. The highest BCUT2D eigenvalue weighted by Crippen LogP contribution is 2.22. The van der Waals surface area contributed by atoms with Crippen LogP contribution in [0.4, 0.5) is 0 Å². The van der Waals surface area contributed by atoms with Crippen molar-refractivity contribution in [2.24, 2.45) is 0 Å². The summed E-state index contributed by atoms with van der Waals surface area (Å²) in [5.74, 6) is 0.955. The Morgan fingerprint density at radius 2 is 1.66 bits per heavy atom. The summed E-state index contributed by atoms with van der Waals surface area (Å²) >= 11 is 0. The second kappa shape index (κ2) is 9.25. The fraction of sp³-hybridized carbons (Fsp3) is 0.350. The van der Waals surface area contributed by atoms with Crippen LogP contribution in [0.2, 0.25) is 0 Å². The molecule has 0 saturated carbocycles. The molecule has 0 unspecified atom stereocenters. The van der Waals surface area contributed by atoms with Gasteiger partial charge in [0.1, 0.15) is 17.5 Å². The van der Waals surface area contributed by atoms with Gasteiger partial charge in [-0.2, -0.15) is 4.31 Å². The molecule has 156 valence electrons. The summed E-state index contributed by atoms with van der Waals surface area (Å²) < 4.78 is 37.7. The van der Waals surface area contributed by atoms with Gasteiger partial charge in [-0.25, -0.2) is 8.42 Å². The van der Waals surface area contributed by atoms with Crippen LogP contribution in [0.3, 0.4) is 0 Å². The molecule has 2 aromatic rings. The van der Waals surface area contributed by atoms with Crippen molar-refractivity contribution < 1.29 is 22.7 Å². The fourth-order valence-electron chi connectivity index (χ4n) is 3.13. The lowest BCUT2D eigenvalue weighted by Crippen LogP contribution is -2.59. The van der Waals surface area contributed by atoms with E-state index in [1.54, 1.807) is 19.2 Å². The molecular formula is C20H25N3O5S. The van der Waals surface area contributed by atoms with Gasteiger partial charge in [-0.3, -0.25) is 4.79 Å². The smallest absolute Gasteiger partial charge is 0.243 e. The second-order valence-corrected chi connectivity index (χ2v) is 8.47. The molecule has 1 saturated heterocycles. The van der Waals surface area contributed by atoms with E-state index in [0.717, 1.165) is 11.3 Å². The lowest BCUT2D eigenvalue weighted by molar-refractivity contribution is -0.125. The molecule has 1 aliphatic heterocycles. The van der Waals surface area contributed by atoms with Crippen LogP contribution in [0.15, 0.2) is 53.4 Å². The molecule has 0 spiro atoms. The van der Waals surface area contributed by atoms with E-state index in [1.807, 2.05) is 24.3 Å². The lowest BCUT2D eigenvalue weighted by atomic mass is 10.2. The van der Waals surface area contributed by atoms with Gasteiger partial charge in [-0.15, -0.1) is 0 Å². The van der Waals surface area contributed by atoms with Gasteiger partial charge < -0.3 is 20.1 Å².